The molecule has 2 aliphatic rings. The van der Waals surface area contributed by atoms with Crippen molar-refractivity contribution in [3.63, 3.8) is 0 Å². The number of carbonyl (C=O) groups excluding carboxylic acids is 1. The quantitative estimate of drug-likeness (QED) is 0.301. The number of fused-ring (bicyclic) bond motifs is 2. The average molecular weight is 513 g/mol. The summed E-state index contributed by atoms with van der Waals surface area (Å²) < 4.78 is 6.87. The summed E-state index contributed by atoms with van der Waals surface area (Å²) in [5.41, 5.74) is 5.49. The Morgan fingerprint density at radius 3 is 2.76 bits per heavy atom. The van der Waals surface area contributed by atoms with E-state index in [2.05, 4.69) is 32.7 Å². The highest BCUT2D eigenvalue weighted by atomic mass is 16.6. The van der Waals surface area contributed by atoms with Crippen molar-refractivity contribution in [3.05, 3.63) is 87.3 Å². The summed E-state index contributed by atoms with van der Waals surface area (Å²) in [4.78, 5) is 36.4. The molecule has 0 spiro atoms. The Kier molecular flexibility index (Phi) is 5.99. The molecule has 2 aromatic heterocycles. The lowest BCUT2D eigenvalue weighted by atomic mass is 10.1. The van der Waals surface area contributed by atoms with Crippen LogP contribution in [-0.2, 0) is 24.0 Å². The highest BCUT2D eigenvalue weighted by Crippen LogP contribution is 2.26. The number of carbonyl (C=O) groups is 1. The fraction of sp³-hybridized carbons (Fsp3) is 0.250. The number of benzene rings is 2. The van der Waals surface area contributed by atoms with Crippen LogP contribution in [-0.4, -0.2) is 46.3 Å². The number of nitrogens with one attached hydrogen (secondary N) is 4. The van der Waals surface area contributed by atoms with E-state index >= 15 is 0 Å². The molecule has 5 N–H and O–H groups in total. The van der Waals surface area contributed by atoms with Crippen LogP contribution in [0.1, 0.15) is 33.5 Å². The van der Waals surface area contributed by atoms with Crippen LogP contribution in [0.2, 0.25) is 0 Å². The second-order valence-electron chi connectivity index (χ2n) is 9.60. The van der Waals surface area contributed by atoms with Gasteiger partial charge >= 0.3 is 12.0 Å². The Labute approximate surface area is 218 Å². The Morgan fingerprint density at radius 2 is 2.00 bits per heavy atom. The SMILES string of the molecule is CNC(=O)c1cn(-c2ccc3c(c2)CCC3)c2nc(Nc3ccc(C[C@H]4COC(O)=[NH+]4)cc3)[nH+]cc2c1=O. The predicted molar refractivity (Wildman–Crippen MR) is 141 cm³/mol. The Bertz CT molecular complexity index is 1640. The molecule has 0 fully saturated rings. The highest BCUT2D eigenvalue weighted by molar-refractivity contribution is 5.96. The van der Waals surface area contributed by atoms with Gasteiger partial charge in [0.25, 0.3) is 5.91 Å². The van der Waals surface area contributed by atoms with Crippen LogP contribution in [0.25, 0.3) is 16.7 Å². The van der Waals surface area contributed by atoms with Gasteiger partial charge in [-0.05, 0) is 60.2 Å². The zero-order valence-corrected chi connectivity index (χ0v) is 20.9. The Morgan fingerprint density at radius 1 is 1.18 bits per heavy atom. The van der Waals surface area contributed by atoms with Crippen LogP contribution < -0.4 is 26.0 Å². The molecule has 1 aliphatic heterocycles. The van der Waals surface area contributed by atoms with Gasteiger partial charge in [-0.1, -0.05) is 23.2 Å². The van der Waals surface area contributed by atoms with Gasteiger partial charge in [0.05, 0.1) is 11.9 Å². The van der Waals surface area contributed by atoms with Crippen molar-refractivity contribution in [2.45, 2.75) is 31.7 Å². The van der Waals surface area contributed by atoms with Crippen molar-refractivity contribution < 1.29 is 24.6 Å². The number of nitrogens with zero attached hydrogens (tertiary/aromatic N) is 2. The molecule has 4 aromatic rings. The van der Waals surface area contributed by atoms with Crippen molar-refractivity contribution >= 4 is 34.7 Å². The van der Waals surface area contributed by atoms with E-state index in [0.29, 0.717) is 30.0 Å². The van der Waals surface area contributed by atoms with Crippen molar-refractivity contribution in [3.8, 4) is 5.69 Å². The molecule has 10 heteroatoms. The number of aromatic amines is 1. The maximum Gasteiger partial charge on any atom is 0.545 e. The fourth-order valence-corrected chi connectivity index (χ4v) is 5.11. The van der Waals surface area contributed by atoms with Gasteiger partial charge in [0.2, 0.25) is 11.1 Å². The third kappa shape index (κ3) is 4.45. The molecule has 3 heterocycles. The predicted octanol–water partition coefficient (Wildman–Crippen LogP) is 0.728. The minimum Gasteiger partial charge on any atom is -0.430 e. The minimum atomic E-state index is -0.443. The first-order valence-electron chi connectivity index (χ1n) is 12.6. The normalized spacial score (nSPS) is 16.1. The first kappa shape index (κ1) is 23.7. The van der Waals surface area contributed by atoms with E-state index in [-0.39, 0.29) is 23.1 Å². The number of H-pyrrole nitrogens is 1. The molecular weight excluding hydrogens is 484 g/mol. The first-order chi connectivity index (χ1) is 18.5. The number of aliphatic hydroxyl groups is 1. The van der Waals surface area contributed by atoms with Gasteiger partial charge in [-0.15, -0.1) is 0 Å². The standard InChI is InChI=1S/C28H26N6O4/c1-29-26(36)23-14-34(21-10-7-17-3-2-4-18(17)12-21)25-22(24(23)35)13-30-27(33-25)31-19-8-5-16(6-9-19)11-20-15-38-28(37)32-20/h5-10,12-14,20H,2-4,11,15H2,1H3,(H,29,36)(H,32,37)(H,30,31,33)/p+2/t20-/m0/s1. The minimum absolute atomic E-state index is 0.0277. The number of hydrogen-bond donors (Lipinski definition) is 4. The number of hydrogen-bond acceptors (Lipinski definition) is 5. The van der Waals surface area contributed by atoms with Gasteiger partial charge in [-0.3, -0.25) is 14.2 Å². The zero-order valence-electron chi connectivity index (χ0n) is 20.9. The fourth-order valence-electron chi connectivity index (χ4n) is 5.11. The number of aromatic nitrogens is 3. The largest absolute Gasteiger partial charge is 0.545 e. The third-order valence-corrected chi connectivity index (χ3v) is 7.07. The van der Waals surface area contributed by atoms with E-state index in [0.717, 1.165) is 36.2 Å². The maximum absolute atomic E-state index is 13.2. The van der Waals surface area contributed by atoms with Crippen molar-refractivity contribution in [1.82, 2.24) is 14.9 Å². The lowest BCUT2D eigenvalue weighted by Gasteiger charge is -2.12. The first-order valence-corrected chi connectivity index (χ1v) is 12.6. The van der Waals surface area contributed by atoms with E-state index in [4.69, 9.17) is 9.72 Å². The molecule has 0 radical (unpaired) electrons. The van der Waals surface area contributed by atoms with Crippen LogP contribution in [0.4, 0.5) is 11.6 Å². The van der Waals surface area contributed by atoms with Gasteiger partial charge in [0.1, 0.15) is 10.9 Å². The van der Waals surface area contributed by atoms with Crippen LogP contribution in [0, 0.1) is 0 Å². The summed E-state index contributed by atoms with van der Waals surface area (Å²) in [5, 5.41) is 15.5. The van der Waals surface area contributed by atoms with Gasteiger partial charge in [0.15, 0.2) is 12.6 Å². The molecule has 0 unspecified atom stereocenters. The van der Waals surface area contributed by atoms with E-state index in [1.807, 2.05) is 34.9 Å². The van der Waals surface area contributed by atoms with Crippen LogP contribution >= 0.6 is 0 Å². The van der Waals surface area contributed by atoms with Crippen molar-refractivity contribution in [2.75, 3.05) is 19.0 Å². The van der Waals surface area contributed by atoms with Gasteiger partial charge in [-0.25, -0.2) is 10.3 Å². The van der Waals surface area contributed by atoms with Crippen molar-refractivity contribution in [2.24, 2.45) is 0 Å². The Hall–Kier alpha value is -4.73. The van der Waals surface area contributed by atoms with Crippen LogP contribution in [0.3, 0.4) is 0 Å². The number of rotatable bonds is 6. The Balaban J connectivity index is 1.35. The summed E-state index contributed by atoms with van der Waals surface area (Å²) in [5.74, 6) is 0.0132. The molecule has 0 saturated heterocycles. The second-order valence-corrected chi connectivity index (χ2v) is 9.60. The molecule has 192 valence electrons. The molecule has 2 aromatic carbocycles. The number of amides is 1. The maximum atomic E-state index is 13.2. The highest BCUT2D eigenvalue weighted by Gasteiger charge is 2.26. The summed E-state index contributed by atoms with van der Waals surface area (Å²) in [6, 6.07) is 14.1. The molecule has 38 heavy (non-hydrogen) atoms. The third-order valence-electron chi connectivity index (χ3n) is 7.07. The number of anilines is 2. The van der Waals surface area contributed by atoms with Gasteiger partial charge in [0, 0.05) is 25.4 Å². The topological polar surface area (TPSA) is 134 Å². The van der Waals surface area contributed by atoms with E-state index in [9.17, 15) is 14.7 Å². The second kappa shape index (κ2) is 9.62. The zero-order chi connectivity index (χ0) is 26.2. The van der Waals surface area contributed by atoms with Crippen LogP contribution in [0.15, 0.2) is 59.7 Å². The number of ether oxygens (including phenoxy) is 1. The summed E-state index contributed by atoms with van der Waals surface area (Å²) >= 11 is 0. The van der Waals surface area contributed by atoms with E-state index < -0.39 is 5.91 Å². The number of pyridine rings is 1. The lowest BCUT2D eigenvalue weighted by Crippen LogP contribution is -2.77. The van der Waals surface area contributed by atoms with Gasteiger partial charge in [-0.2, -0.15) is 4.99 Å². The molecule has 10 nitrogen and oxygen atoms in total. The summed E-state index contributed by atoms with van der Waals surface area (Å²) in [7, 11) is 1.51. The molecule has 0 bridgehead atoms. The molecule has 1 aliphatic carbocycles. The molecule has 1 atom stereocenters. The average Bonchev–Trinajstić information content (AvgIpc) is 3.57. The van der Waals surface area contributed by atoms with E-state index in [1.165, 1.54) is 18.2 Å². The number of aryl methyl sites for hydroxylation is 2. The summed E-state index contributed by atoms with van der Waals surface area (Å²) in [6.45, 7) is 0.426. The van der Waals surface area contributed by atoms with E-state index in [1.54, 1.807) is 12.4 Å². The molecular formula is C28H28N6O4+2. The monoisotopic (exact) mass is 512 g/mol. The summed E-state index contributed by atoms with van der Waals surface area (Å²) in [6.07, 6.45) is 6.94. The lowest BCUT2D eigenvalue weighted by molar-refractivity contribution is -0.497. The number of aliphatic hydroxyl groups excluding tert-OH is 1. The molecule has 0 saturated carbocycles. The smallest absolute Gasteiger partial charge is 0.430 e. The molecule has 6 rings (SSSR count). The molecule has 1 amide bonds. The van der Waals surface area contributed by atoms with Crippen molar-refractivity contribution in [1.29, 1.82) is 0 Å². The van der Waals surface area contributed by atoms with Crippen LogP contribution in [0.5, 0.6) is 0 Å². The van der Waals surface area contributed by atoms with Gasteiger partial charge < -0.3 is 15.2 Å².